The van der Waals surface area contributed by atoms with Crippen LogP contribution in [0.5, 0.6) is 5.75 Å². The summed E-state index contributed by atoms with van der Waals surface area (Å²) in [5.74, 6) is -1.27. The van der Waals surface area contributed by atoms with Crippen molar-refractivity contribution in [2.24, 2.45) is 5.10 Å². The number of phenolic OH excluding ortho intramolecular Hbond substituents is 1. The van der Waals surface area contributed by atoms with Crippen molar-refractivity contribution in [1.29, 1.82) is 0 Å². The molecule has 13 heteroatoms. The minimum absolute atomic E-state index is 0.0237. The van der Waals surface area contributed by atoms with E-state index in [2.05, 4.69) is 41.7 Å². The number of anilines is 3. The van der Waals surface area contributed by atoms with E-state index in [4.69, 9.17) is 27.9 Å². The van der Waals surface area contributed by atoms with Gasteiger partial charge in [-0.3, -0.25) is 4.79 Å². The van der Waals surface area contributed by atoms with Crippen LogP contribution in [-0.2, 0) is 4.74 Å². The average molecular weight is 598 g/mol. The molecule has 1 aromatic heterocycles. The molecule has 0 saturated carbocycles. The SMILES string of the molecule is Cc1cccc(Cl)c1NC(=O)c1c(Br)cc(/C=N/Nc2ncc(F)c(N3CCOCC3)n2)c(O)c1Cl. The highest BCUT2D eigenvalue weighted by Crippen LogP contribution is 2.37. The van der Waals surface area contributed by atoms with E-state index in [1.165, 1.54) is 12.3 Å². The number of halogens is 4. The Hall–Kier alpha value is -2.99. The average Bonchev–Trinajstić information content (AvgIpc) is 2.86. The number of aromatic nitrogens is 2. The lowest BCUT2D eigenvalue weighted by Gasteiger charge is -2.27. The molecule has 0 bridgehead atoms. The molecule has 4 rings (SSSR count). The number of hydrogen-bond donors (Lipinski definition) is 3. The number of ether oxygens (including phenoxy) is 1. The molecule has 2 aromatic carbocycles. The van der Waals surface area contributed by atoms with Crippen LogP contribution in [0, 0.1) is 12.7 Å². The maximum atomic E-state index is 14.2. The van der Waals surface area contributed by atoms with Gasteiger partial charge in [-0.1, -0.05) is 35.3 Å². The second kappa shape index (κ2) is 11.4. The Balaban J connectivity index is 1.52. The number of rotatable bonds is 6. The number of hydrogen-bond acceptors (Lipinski definition) is 8. The molecular weight excluding hydrogens is 578 g/mol. The van der Waals surface area contributed by atoms with Crippen LogP contribution < -0.4 is 15.6 Å². The number of para-hydroxylation sites is 1. The summed E-state index contributed by atoms with van der Waals surface area (Å²) < 4.78 is 19.8. The van der Waals surface area contributed by atoms with Gasteiger partial charge in [-0.25, -0.2) is 14.8 Å². The summed E-state index contributed by atoms with van der Waals surface area (Å²) in [4.78, 5) is 22.7. The maximum absolute atomic E-state index is 14.2. The van der Waals surface area contributed by atoms with Crippen LogP contribution in [0.25, 0.3) is 0 Å². The number of benzene rings is 2. The molecule has 0 radical (unpaired) electrons. The molecule has 0 unspecified atom stereocenters. The molecule has 0 spiro atoms. The first-order chi connectivity index (χ1) is 17.3. The molecule has 2 heterocycles. The first-order valence-corrected chi connectivity index (χ1v) is 12.2. The molecule has 1 fully saturated rings. The minimum Gasteiger partial charge on any atom is -0.506 e. The third kappa shape index (κ3) is 5.70. The molecule has 188 valence electrons. The number of morpholine rings is 1. The van der Waals surface area contributed by atoms with Crippen LogP contribution in [0.1, 0.15) is 21.5 Å². The van der Waals surface area contributed by atoms with Crippen LogP contribution in [-0.4, -0.2) is 53.5 Å². The van der Waals surface area contributed by atoms with E-state index in [9.17, 15) is 14.3 Å². The molecule has 9 nitrogen and oxygen atoms in total. The Bertz CT molecular complexity index is 1320. The molecule has 3 aromatic rings. The van der Waals surface area contributed by atoms with Gasteiger partial charge in [0.1, 0.15) is 5.75 Å². The monoisotopic (exact) mass is 596 g/mol. The van der Waals surface area contributed by atoms with Gasteiger partial charge in [0.05, 0.1) is 46.9 Å². The fraction of sp³-hybridized carbons (Fsp3) is 0.217. The van der Waals surface area contributed by atoms with Crippen LogP contribution >= 0.6 is 39.1 Å². The zero-order chi connectivity index (χ0) is 25.8. The second-order valence-corrected chi connectivity index (χ2v) is 9.35. The quantitative estimate of drug-likeness (QED) is 0.263. The van der Waals surface area contributed by atoms with Crippen molar-refractivity contribution in [1.82, 2.24) is 9.97 Å². The number of phenols is 1. The molecule has 1 aliphatic heterocycles. The smallest absolute Gasteiger partial charge is 0.258 e. The molecule has 1 saturated heterocycles. The first kappa shape index (κ1) is 26.1. The van der Waals surface area contributed by atoms with Gasteiger partial charge in [0.15, 0.2) is 11.6 Å². The van der Waals surface area contributed by atoms with Gasteiger partial charge in [-0.05, 0) is 40.5 Å². The second-order valence-electron chi connectivity index (χ2n) is 7.71. The van der Waals surface area contributed by atoms with Crippen molar-refractivity contribution < 1.29 is 19.0 Å². The lowest BCUT2D eigenvalue weighted by molar-refractivity contribution is 0.102. The largest absolute Gasteiger partial charge is 0.506 e. The predicted octanol–water partition coefficient (Wildman–Crippen LogP) is 5.23. The summed E-state index contributed by atoms with van der Waals surface area (Å²) in [5.41, 5.74) is 4.05. The highest BCUT2D eigenvalue weighted by Gasteiger charge is 2.22. The van der Waals surface area contributed by atoms with Crippen LogP contribution in [0.3, 0.4) is 0 Å². The van der Waals surface area contributed by atoms with E-state index in [0.29, 0.717) is 41.5 Å². The molecule has 1 amide bonds. The van der Waals surface area contributed by atoms with Crippen molar-refractivity contribution in [2.75, 3.05) is 41.9 Å². The summed E-state index contributed by atoms with van der Waals surface area (Å²) >= 11 is 15.8. The summed E-state index contributed by atoms with van der Waals surface area (Å²) in [6.07, 6.45) is 2.32. The van der Waals surface area contributed by atoms with E-state index in [1.807, 2.05) is 0 Å². The van der Waals surface area contributed by atoms with Gasteiger partial charge in [0.25, 0.3) is 5.91 Å². The Labute approximate surface area is 224 Å². The molecule has 0 atom stereocenters. The summed E-state index contributed by atoms with van der Waals surface area (Å²) in [7, 11) is 0. The van der Waals surface area contributed by atoms with Crippen molar-refractivity contribution in [3.8, 4) is 5.75 Å². The highest BCUT2D eigenvalue weighted by molar-refractivity contribution is 9.10. The fourth-order valence-corrected chi connectivity index (χ4v) is 4.77. The number of nitrogens with zero attached hydrogens (tertiary/aromatic N) is 4. The van der Waals surface area contributed by atoms with Gasteiger partial charge in [0, 0.05) is 23.1 Å². The van der Waals surface area contributed by atoms with Crippen molar-refractivity contribution >= 4 is 68.7 Å². The van der Waals surface area contributed by atoms with Gasteiger partial charge >= 0.3 is 0 Å². The maximum Gasteiger partial charge on any atom is 0.258 e. The third-order valence-electron chi connectivity index (χ3n) is 5.31. The van der Waals surface area contributed by atoms with Crippen molar-refractivity contribution in [3.63, 3.8) is 0 Å². The number of carbonyl (C=O) groups is 1. The zero-order valence-electron chi connectivity index (χ0n) is 18.9. The fourth-order valence-electron chi connectivity index (χ4n) is 3.47. The van der Waals surface area contributed by atoms with E-state index in [0.717, 1.165) is 11.8 Å². The van der Waals surface area contributed by atoms with E-state index in [1.54, 1.807) is 30.0 Å². The van der Waals surface area contributed by atoms with E-state index in [-0.39, 0.29) is 33.7 Å². The summed E-state index contributed by atoms with van der Waals surface area (Å²) in [6, 6.07) is 6.70. The Morgan fingerprint density at radius 1 is 1.33 bits per heavy atom. The molecule has 36 heavy (non-hydrogen) atoms. The lowest BCUT2D eigenvalue weighted by Crippen LogP contribution is -2.37. The van der Waals surface area contributed by atoms with Gasteiger partial charge in [-0.2, -0.15) is 10.1 Å². The number of aromatic hydroxyl groups is 1. The Morgan fingerprint density at radius 3 is 2.81 bits per heavy atom. The normalized spacial score (nSPS) is 13.8. The topological polar surface area (TPSA) is 112 Å². The molecule has 0 aliphatic carbocycles. The minimum atomic E-state index is -0.560. The number of aryl methyl sites for hydroxylation is 1. The number of amides is 1. The summed E-state index contributed by atoms with van der Waals surface area (Å²) in [5, 5.41) is 17.5. The standard InChI is InChI=1S/C23H20BrCl2FN6O3/c1-12-3-2-4-15(25)19(12)30-22(35)17-14(24)9-13(20(34)18(17)26)10-29-32-23-28-11-16(27)21(31-23)33-5-7-36-8-6-33/h2-4,9-11,34H,5-8H2,1H3,(H,30,35)(H,28,31,32)/b29-10+. The Morgan fingerprint density at radius 2 is 2.08 bits per heavy atom. The number of nitrogens with one attached hydrogen (secondary N) is 2. The highest BCUT2D eigenvalue weighted by atomic mass is 79.9. The molecular formula is C23H20BrCl2FN6O3. The van der Waals surface area contributed by atoms with Crippen LogP contribution in [0.4, 0.5) is 21.8 Å². The third-order valence-corrected chi connectivity index (χ3v) is 6.62. The van der Waals surface area contributed by atoms with E-state index >= 15 is 0 Å². The lowest BCUT2D eigenvalue weighted by atomic mass is 10.1. The zero-order valence-corrected chi connectivity index (χ0v) is 22.0. The number of carbonyl (C=O) groups excluding carboxylic acids is 1. The van der Waals surface area contributed by atoms with Crippen LogP contribution in [0.2, 0.25) is 10.0 Å². The van der Waals surface area contributed by atoms with Gasteiger partial charge in [0.2, 0.25) is 5.95 Å². The Kier molecular flexibility index (Phi) is 8.24. The van der Waals surface area contributed by atoms with Crippen LogP contribution in [0.15, 0.2) is 40.0 Å². The first-order valence-electron chi connectivity index (χ1n) is 10.7. The van der Waals surface area contributed by atoms with Gasteiger partial charge < -0.3 is 20.1 Å². The number of hydrazone groups is 1. The molecule has 3 N–H and O–H groups in total. The summed E-state index contributed by atoms with van der Waals surface area (Å²) in [6.45, 7) is 3.77. The van der Waals surface area contributed by atoms with E-state index < -0.39 is 11.7 Å². The van der Waals surface area contributed by atoms with Crippen molar-refractivity contribution in [3.05, 3.63) is 67.5 Å². The molecule has 1 aliphatic rings. The van der Waals surface area contributed by atoms with Gasteiger partial charge in [-0.15, -0.1) is 0 Å². The predicted molar refractivity (Wildman–Crippen MR) is 141 cm³/mol. The van der Waals surface area contributed by atoms with Crippen molar-refractivity contribution in [2.45, 2.75) is 6.92 Å².